The first-order valence-corrected chi connectivity index (χ1v) is 7.74. The van der Waals surface area contributed by atoms with Crippen LogP contribution in [0.2, 0.25) is 5.02 Å². The van der Waals surface area contributed by atoms with Crippen LogP contribution in [0.4, 0.5) is 5.69 Å². The summed E-state index contributed by atoms with van der Waals surface area (Å²) in [5.74, 6) is 0. The van der Waals surface area contributed by atoms with Crippen molar-refractivity contribution in [1.82, 2.24) is 0 Å². The lowest BCUT2D eigenvalue weighted by atomic mass is 10.1. The van der Waals surface area contributed by atoms with E-state index in [0.29, 0.717) is 0 Å². The van der Waals surface area contributed by atoms with Crippen LogP contribution in [0.1, 0.15) is 17.5 Å². The Bertz CT molecular complexity index is 574. The lowest BCUT2D eigenvalue weighted by Crippen LogP contribution is -2.00. The molecule has 0 spiro atoms. The number of anilines is 1. The van der Waals surface area contributed by atoms with Gasteiger partial charge in [0.25, 0.3) is 0 Å². The highest BCUT2D eigenvalue weighted by molar-refractivity contribution is 9.10. The highest BCUT2D eigenvalue weighted by atomic mass is 79.9. The summed E-state index contributed by atoms with van der Waals surface area (Å²) in [6.07, 6.45) is 1.70. The average Bonchev–Trinajstić information content (AvgIpc) is 2.47. The van der Waals surface area contributed by atoms with E-state index < -0.39 is 0 Å². The number of aliphatic hydroxyl groups excluding tert-OH is 1. The SMILES string of the molecule is OCCCc1cccc(NCc2ccc(Br)c(Cl)c2)c1. The van der Waals surface area contributed by atoms with Gasteiger partial charge in [0.15, 0.2) is 0 Å². The third kappa shape index (κ3) is 4.51. The lowest BCUT2D eigenvalue weighted by Gasteiger charge is -2.09. The molecule has 0 saturated carbocycles. The minimum atomic E-state index is 0.231. The molecule has 2 N–H and O–H groups in total. The molecule has 2 aromatic carbocycles. The van der Waals surface area contributed by atoms with Crippen LogP contribution in [0.5, 0.6) is 0 Å². The maximum atomic E-state index is 8.87. The molecule has 0 saturated heterocycles. The van der Waals surface area contributed by atoms with Crippen LogP contribution in [0.15, 0.2) is 46.9 Å². The number of halogens is 2. The fraction of sp³-hybridized carbons (Fsp3) is 0.250. The highest BCUT2D eigenvalue weighted by Crippen LogP contribution is 2.23. The topological polar surface area (TPSA) is 32.3 Å². The molecule has 20 heavy (non-hydrogen) atoms. The normalized spacial score (nSPS) is 10.6. The summed E-state index contributed by atoms with van der Waals surface area (Å²) in [6.45, 7) is 0.964. The molecule has 0 aromatic heterocycles. The number of nitrogens with one attached hydrogen (secondary N) is 1. The van der Waals surface area contributed by atoms with Gasteiger partial charge in [0, 0.05) is 23.3 Å². The second-order valence-electron chi connectivity index (χ2n) is 4.63. The van der Waals surface area contributed by atoms with Gasteiger partial charge in [0.2, 0.25) is 0 Å². The van der Waals surface area contributed by atoms with Crippen molar-refractivity contribution in [2.45, 2.75) is 19.4 Å². The third-order valence-corrected chi connectivity index (χ3v) is 4.26. The summed E-state index contributed by atoms with van der Waals surface area (Å²) in [5, 5.41) is 13.0. The first-order valence-electron chi connectivity index (χ1n) is 6.56. The van der Waals surface area contributed by atoms with Crippen molar-refractivity contribution in [3.63, 3.8) is 0 Å². The summed E-state index contributed by atoms with van der Waals surface area (Å²) >= 11 is 9.47. The van der Waals surface area contributed by atoms with Gasteiger partial charge in [0.05, 0.1) is 5.02 Å². The zero-order chi connectivity index (χ0) is 14.4. The van der Waals surface area contributed by atoms with Gasteiger partial charge in [0.1, 0.15) is 0 Å². The quantitative estimate of drug-likeness (QED) is 0.792. The Kier molecular flexibility index (Phi) is 5.89. The van der Waals surface area contributed by atoms with Gasteiger partial charge < -0.3 is 10.4 Å². The number of rotatable bonds is 6. The molecule has 0 bridgehead atoms. The molecule has 2 nitrogen and oxygen atoms in total. The Morgan fingerprint density at radius 2 is 1.95 bits per heavy atom. The van der Waals surface area contributed by atoms with Crippen LogP contribution in [0.3, 0.4) is 0 Å². The highest BCUT2D eigenvalue weighted by Gasteiger charge is 2.00. The summed E-state index contributed by atoms with van der Waals surface area (Å²) in [6, 6.07) is 14.2. The van der Waals surface area contributed by atoms with Crippen molar-refractivity contribution in [3.8, 4) is 0 Å². The predicted molar refractivity (Wildman–Crippen MR) is 88.3 cm³/mol. The summed E-state index contributed by atoms with van der Waals surface area (Å²) in [7, 11) is 0. The number of benzene rings is 2. The van der Waals surface area contributed by atoms with Crippen molar-refractivity contribution in [2.75, 3.05) is 11.9 Å². The molecule has 0 unspecified atom stereocenters. The molecule has 0 radical (unpaired) electrons. The Morgan fingerprint density at radius 1 is 1.10 bits per heavy atom. The molecule has 0 heterocycles. The lowest BCUT2D eigenvalue weighted by molar-refractivity contribution is 0.288. The summed E-state index contributed by atoms with van der Waals surface area (Å²) in [4.78, 5) is 0. The smallest absolute Gasteiger partial charge is 0.0551 e. The van der Waals surface area contributed by atoms with Crippen molar-refractivity contribution in [3.05, 3.63) is 63.1 Å². The molecule has 4 heteroatoms. The van der Waals surface area contributed by atoms with Crippen molar-refractivity contribution in [2.24, 2.45) is 0 Å². The zero-order valence-electron chi connectivity index (χ0n) is 11.1. The minimum absolute atomic E-state index is 0.231. The predicted octanol–water partition coefficient (Wildman–Crippen LogP) is 4.64. The van der Waals surface area contributed by atoms with Gasteiger partial charge >= 0.3 is 0 Å². The van der Waals surface area contributed by atoms with E-state index in [0.717, 1.165) is 40.1 Å². The van der Waals surface area contributed by atoms with E-state index in [1.54, 1.807) is 0 Å². The first-order chi connectivity index (χ1) is 9.69. The number of hydrogen-bond acceptors (Lipinski definition) is 2. The van der Waals surface area contributed by atoms with E-state index in [2.05, 4.69) is 33.4 Å². The molecule has 0 aliphatic rings. The minimum Gasteiger partial charge on any atom is -0.396 e. The van der Waals surface area contributed by atoms with E-state index in [4.69, 9.17) is 16.7 Å². The van der Waals surface area contributed by atoms with Gasteiger partial charge in [-0.15, -0.1) is 0 Å². The summed E-state index contributed by atoms with van der Waals surface area (Å²) in [5.41, 5.74) is 3.45. The van der Waals surface area contributed by atoms with Crippen molar-refractivity contribution in [1.29, 1.82) is 0 Å². The van der Waals surface area contributed by atoms with Crippen LogP contribution < -0.4 is 5.32 Å². The molecular formula is C16H17BrClNO. The van der Waals surface area contributed by atoms with Crippen LogP contribution in [0, 0.1) is 0 Å². The van der Waals surface area contributed by atoms with Gasteiger partial charge in [-0.05, 0) is 64.2 Å². The molecule has 2 aromatic rings. The van der Waals surface area contributed by atoms with Gasteiger partial charge in [-0.25, -0.2) is 0 Å². The molecule has 2 rings (SSSR count). The molecule has 0 fully saturated rings. The van der Waals surface area contributed by atoms with E-state index in [1.807, 2.05) is 30.3 Å². The number of aryl methyl sites for hydroxylation is 1. The Balaban J connectivity index is 1.97. The Hall–Kier alpha value is -1.03. The molecule has 106 valence electrons. The van der Waals surface area contributed by atoms with Gasteiger partial charge in [-0.1, -0.05) is 29.8 Å². The van der Waals surface area contributed by atoms with Crippen LogP contribution in [-0.4, -0.2) is 11.7 Å². The summed E-state index contributed by atoms with van der Waals surface area (Å²) < 4.78 is 0.911. The monoisotopic (exact) mass is 353 g/mol. The molecule has 0 aliphatic carbocycles. The second kappa shape index (κ2) is 7.67. The molecule has 0 aliphatic heterocycles. The van der Waals surface area contributed by atoms with Gasteiger partial charge in [-0.2, -0.15) is 0 Å². The maximum absolute atomic E-state index is 8.87. The average molecular weight is 355 g/mol. The van der Waals surface area contributed by atoms with Crippen molar-refractivity contribution >= 4 is 33.2 Å². The largest absolute Gasteiger partial charge is 0.396 e. The van der Waals surface area contributed by atoms with Crippen molar-refractivity contribution < 1.29 is 5.11 Å². The van der Waals surface area contributed by atoms with Crippen LogP contribution in [-0.2, 0) is 13.0 Å². The fourth-order valence-electron chi connectivity index (χ4n) is 1.97. The Labute approximate surface area is 132 Å². The number of aliphatic hydroxyl groups is 1. The fourth-order valence-corrected chi connectivity index (χ4v) is 2.42. The van der Waals surface area contributed by atoms with E-state index in [9.17, 15) is 0 Å². The zero-order valence-corrected chi connectivity index (χ0v) is 13.4. The second-order valence-corrected chi connectivity index (χ2v) is 5.89. The third-order valence-electron chi connectivity index (χ3n) is 3.03. The molecule has 0 amide bonds. The molecular weight excluding hydrogens is 338 g/mol. The maximum Gasteiger partial charge on any atom is 0.0551 e. The standard InChI is InChI=1S/C16H17BrClNO/c17-15-7-6-13(10-16(15)18)11-19-14-5-1-3-12(9-14)4-2-8-20/h1,3,5-7,9-10,19-20H,2,4,8,11H2. The van der Waals surface area contributed by atoms with E-state index >= 15 is 0 Å². The Morgan fingerprint density at radius 3 is 2.70 bits per heavy atom. The first kappa shape index (κ1) is 15.4. The number of hydrogen-bond donors (Lipinski definition) is 2. The molecule has 0 atom stereocenters. The van der Waals surface area contributed by atoms with Gasteiger partial charge in [-0.3, -0.25) is 0 Å². The van der Waals surface area contributed by atoms with Crippen LogP contribution >= 0.6 is 27.5 Å². The van der Waals surface area contributed by atoms with E-state index in [1.165, 1.54) is 5.56 Å². The van der Waals surface area contributed by atoms with Crippen LogP contribution in [0.25, 0.3) is 0 Å². The van der Waals surface area contributed by atoms with E-state index in [-0.39, 0.29) is 6.61 Å².